The van der Waals surface area contributed by atoms with Crippen molar-refractivity contribution in [3.05, 3.63) is 23.8 Å². The van der Waals surface area contributed by atoms with Crippen LogP contribution in [-0.2, 0) is 9.47 Å². The molecule has 3 heterocycles. The first-order valence-corrected chi connectivity index (χ1v) is 8.70. The number of benzene rings is 1. The van der Waals surface area contributed by atoms with Gasteiger partial charge in [-0.05, 0) is 44.4 Å². The first-order valence-electron chi connectivity index (χ1n) is 8.70. The molecule has 0 saturated carbocycles. The molecule has 3 aliphatic heterocycles. The summed E-state index contributed by atoms with van der Waals surface area (Å²) in [6.45, 7) is 4.31. The highest BCUT2D eigenvalue weighted by Gasteiger charge is 2.42. The van der Waals surface area contributed by atoms with Gasteiger partial charge in [0.05, 0.1) is 24.9 Å². The zero-order valence-electron chi connectivity index (χ0n) is 13.9. The van der Waals surface area contributed by atoms with Crippen LogP contribution in [-0.4, -0.2) is 55.6 Å². The number of likely N-dealkylation sites (tertiary alicyclic amines) is 1. The predicted octanol–water partition coefficient (Wildman–Crippen LogP) is 2.21. The fourth-order valence-electron chi connectivity index (χ4n) is 3.82. The van der Waals surface area contributed by atoms with Crippen molar-refractivity contribution in [2.45, 2.75) is 44.4 Å². The van der Waals surface area contributed by atoms with Gasteiger partial charge in [0.1, 0.15) is 0 Å². The molecule has 0 radical (unpaired) electrons. The highest BCUT2D eigenvalue weighted by Crippen LogP contribution is 2.35. The number of fused-ring (bicyclic) bond motifs is 2. The van der Waals surface area contributed by atoms with Crippen LogP contribution in [0, 0.1) is 0 Å². The summed E-state index contributed by atoms with van der Waals surface area (Å²) in [5, 5.41) is 0. The molecule has 1 amide bonds. The molecular formula is C18H23NO5. The smallest absolute Gasteiger partial charge is 0.254 e. The Morgan fingerprint density at radius 2 is 2.12 bits per heavy atom. The number of carbonyl (C=O) groups is 1. The molecule has 2 fully saturated rings. The molecule has 0 unspecified atom stereocenters. The molecule has 0 N–H and O–H groups in total. The topological polar surface area (TPSA) is 57.2 Å². The Hall–Kier alpha value is -1.79. The number of rotatable bonds is 4. The van der Waals surface area contributed by atoms with Crippen LogP contribution in [0.5, 0.6) is 11.5 Å². The van der Waals surface area contributed by atoms with E-state index in [9.17, 15) is 4.79 Å². The molecular weight excluding hydrogens is 310 g/mol. The zero-order chi connectivity index (χ0) is 16.5. The molecule has 130 valence electrons. The molecule has 1 aromatic carbocycles. The number of ether oxygens (including phenoxy) is 4. The minimum absolute atomic E-state index is 0.0488. The van der Waals surface area contributed by atoms with E-state index in [0.29, 0.717) is 30.3 Å². The van der Waals surface area contributed by atoms with E-state index < -0.39 is 0 Å². The summed E-state index contributed by atoms with van der Waals surface area (Å²) in [5.41, 5.74) is 0.649. The Kier molecular flexibility index (Phi) is 4.33. The SMILES string of the molecule is CCOC[C@@H]1CC[C@H]2[C@H](CCN2C(=O)c2ccc3c(c2)OCO3)O1. The fourth-order valence-corrected chi connectivity index (χ4v) is 3.82. The largest absolute Gasteiger partial charge is 0.454 e. The number of hydrogen-bond acceptors (Lipinski definition) is 5. The van der Waals surface area contributed by atoms with Gasteiger partial charge in [0, 0.05) is 18.7 Å². The predicted molar refractivity (Wildman–Crippen MR) is 86.4 cm³/mol. The van der Waals surface area contributed by atoms with Crippen molar-refractivity contribution in [3.8, 4) is 11.5 Å². The van der Waals surface area contributed by atoms with Gasteiger partial charge in [0.25, 0.3) is 5.91 Å². The molecule has 0 aliphatic carbocycles. The normalized spacial score (nSPS) is 28.0. The Bertz CT molecular complexity index is 619. The Morgan fingerprint density at radius 3 is 3.00 bits per heavy atom. The van der Waals surface area contributed by atoms with Gasteiger partial charge in [0.2, 0.25) is 6.79 Å². The van der Waals surface area contributed by atoms with E-state index >= 15 is 0 Å². The molecule has 0 aromatic heterocycles. The summed E-state index contributed by atoms with van der Waals surface area (Å²) < 4.78 is 22.3. The number of hydrogen-bond donors (Lipinski definition) is 0. The van der Waals surface area contributed by atoms with Gasteiger partial charge in [0.15, 0.2) is 11.5 Å². The Morgan fingerprint density at radius 1 is 1.25 bits per heavy atom. The van der Waals surface area contributed by atoms with Crippen LogP contribution in [0.15, 0.2) is 18.2 Å². The average molecular weight is 333 g/mol. The van der Waals surface area contributed by atoms with Crippen LogP contribution < -0.4 is 9.47 Å². The fraction of sp³-hybridized carbons (Fsp3) is 0.611. The van der Waals surface area contributed by atoms with Crippen molar-refractivity contribution in [3.63, 3.8) is 0 Å². The summed E-state index contributed by atoms with van der Waals surface area (Å²) >= 11 is 0. The van der Waals surface area contributed by atoms with Crippen LogP contribution >= 0.6 is 0 Å². The molecule has 0 bridgehead atoms. The minimum Gasteiger partial charge on any atom is -0.454 e. The molecule has 6 heteroatoms. The van der Waals surface area contributed by atoms with Crippen LogP contribution in [0.2, 0.25) is 0 Å². The second kappa shape index (κ2) is 6.61. The molecule has 2 saturated heterocycles. The van der Waals surface area contributed by atoms with Crippen molar-refractivity contribution in [1.82, 2.24) is 4.90 Å². The molecule has 0 spiro atoms. The minimum atomic E-state index is 0.0488. The van der Waals surface area contributed by atoms with E-state index in [1.807, 2.05) is 17.9 Å². The lowest BCUT2D eigenvalue weighted by Crippen LogP contribution is -2.45. The molecule has 4 rings (SSSR count). The number of nitrogens with zero attached hydrogens (tertiary/aromatic N) is 1. The van der Waals surface area contributed by atoms with Crippen molar-refractivity contribution in [1.29, 1.82) is 0 Å². The second-order valence-corrected chi connectivity index (χ2v) is 6.46. The van der Waals surface area contributed by atoms with Crippen molar-refractivity contribution in [2.75, 3.05) is 26.6 Å². The summed E-state index contributed by atoms with van der Waals surface area (Å²) in [5.74, 6) is 1.39. The highest BCUT2D eigenvalue weighted by molar-refractivity contribution is 5.95. The summed E-state index contributed by atoms with van der Waals surface area (Å²) in [6, 6.07) is 5.56. The highest BCUT2D eigenvalue weighted by atomic mass is 16.7. The second-order valence-electron chi connectivity index (χ2n) is 6.46. The molecule has 3 atom stereocenters. The van der Waals surface area contributed by atoms with Crippen molar-refractivity contribution >= 4 is 5.91 Å². The van der Waals surface area contributed by atoms with Gasteiger partial charge in [-0.3, -0.25) is 4.79 Å². The van der Waals surface area contributed by atoms with Crippen molar-refractivity contribution in [2.24, 2.45) is 0 Å². The van der Waals surface area contributed by atoms with Crippen LogP contribution in [0.25, 0.3) is 0 Å². The summed E-state index contributed by atoms with van der Waals surface area (Å²) in [4.78, 5) is 14.9. The van der Waals surface area contributed by atoms with Crippen LogP contribution in [0.1, 0.15) is 36.5 Å². The maximum atomic E-state index is 12.9. The third-order valence-electron chi connectivity index (χ3n) is 5.02. The molecule has 3 aliphatic rings. The lowest BCUT2D eigenvalue weighted by Gasteiger charge is -2.35. The third kappa shape index (κ3) is 2.84. The van der Waals surface area contributed by atoms with Gasteiger partial charge in [-0.25, -0.2) is 0 Å². The monoisotopic (exact) mass is 333 g/mol. The average Bonchev–Trinajstić information content (AvgIpc) is 3.24. The van der Waals surface area contributed by atoms with Gasteiger partial charge >= 0.3 is 0 Å². The maximum Gasteiger partial charge on any atom is 0.254 e. The first kappa shape index (κ1) is 15.7. The Labute approximate surface area is 141 Å². The van der Waals surface area contributed by atoms with Gasteiger partial charge < -0.3 is 23.8 Å². The zero-order valence-corrected chi connectivity index (χ0v) is 13.9. The quantitative estimate of drug-likeness (QED) is 0.845. The Balaban J connectivity index is 1.43. The maximum absolute atomic E-state index is 12.9. The van der Waals surface area contributed by atoms with Gasteiger partial charge in [-0.15, -0.1) is 0 Å². The van der Waals surface area contributed by atoms with E-state index in [4.69, 9.17) is 18.9 Å². The third-order valence-corrected chi connectivity index (χ3v) is 5.02. The molecule has 1 aromatic rings. The standard InChI is InChI=1S/C18H23NO5/c1-2-21-10-13-4-5-14-15(24-13)7-8-19(14)18(20)12-3-6-16-17(9-12)23-11-22-16/h3,6,9,13-15H,2,4-5,7-8,10-11H2,1H3/t13-,14-,15-/m0/s1. The van der Waals surface area contributed by atoms with E-state index in [-0.39, 0.29) is 30.9 Å². The first-order chi connectivity index (χ1) is 11.8. The van der Waals surface area contributed by atoms with Gasteiger partial charge in [-0.1, -0.05) is 0 Å². The van der Waals surface area contributed by atoms with Crippen LogP contribution in [0.4, 0.5) is 0 Å². The molecule has 6 nitrogen and oxygen atoms in total. The number of amides is 1. The lowest BCUT2D eigenvalue weighted by atomic mass is 9.99. The van der Waals surface area contributed by atoms with Gasteiger partial charge in [-0.2, -0.15) is 0 Å². The number of carbonyl (C=O) groups excluding carboxylic acids is 1. The van der Waals surface area contributed by atoms with Crippen LogP contribution in [0.3, 0.4) is 0 Å². The summed E-state index contributed by atoms with van der Waals surface area (Å²) in [6.07, 6.45) is 3.09. The van der Waals surface area contributed by atoms with Crippen molar-refractivity contribution < 1.29 is 23.7 Å². The van der Waals surface area contributed by atoms with E-state index in [1.165, 1.54) is 0 Å². The molecule has 24 heavy (non-hydrogen) atoms. The van der Waals surface area contributed by atoms with E-state index in [2.05, 4.69) is 0 Å². The lowest BCUT2D eigenvalue weighted by molar-refractivity contribution is -0.0951. The van der Waals surface area contributed by atoms with E-state index in [1.54, 1.807) is 12.1 Å². The summed E-state index contributed by atoms with van der Waals surface area (Å²) in [7, 11) is 0. The van der Waals surface area contributed by atoms with E-state index in [0.717, 1.165) is 25.8 Å².